The second kappa shape index (κ2) is 5.17. The zero-order valence-corrected chi connectivity index (χ0v) is 10.4. The predicted octanol–water partition coefficient (Wildman–Crippen LogP) is 2.18. The predicted molar refractivity (Wildman–Crippen MR) is 68.1 cm³/mol. The van der Waals surface area contributed by atoms with Crippen LogP contribution in [-0.2, 0) is 0 Å². The molecule has 1 aromatic rings. The van der Waals surface area contributed by atoms with Gasteiger partial charge in [-0.15, -0.1) is 0 Å². The minimum Gasteiger partial charge on any atom is -0.382 e. The number of pyridine rings is 1. The molecule has 1 heterocycles. The molecule has 4 heteroatoms. The summed E-state index contributed by atoms with van der Waals surface area (Å²) in [6.07, 6.45) is 4.91. The van der Waals surface area contributed by atoms with E-state index in [9.17, 15) is 4.79 Å². The van der Waals surface area contributed by atoms with Gasteiger partial charge in [-0.2, -0.15) is 0 Å². The van der Waals surface area contributed by atoms with E-state index in [1.807, 2.05) is 12.1 Å². The minimum atomic E-state index is -0.0692. The van der Waals surface area contributed by atoms with Gasteiger partial charge in [-0.1, -0.05) is 6.92 Å². The fourth-order valence-corrected chi connectivity index (χ4v) is 1.52. The molecule has 0 spiro atoms. The molecule has 0 aromatic carbocycles. The number of carbonyl (C=O) groups excluding carboxylic acids is 1. The first-order valence-corrected chi connectivity index (χ1v) is 6.22. The quantitative estimate of drug-likeness (QED) is 0.819. The zero-order chi connectivity index (χ0) is 12.3. The molecule has 1 amide bonds. The fourth-order valence-electron chi connectivity index (χ4n) is 1.52. The SMILES string of the molecule is CCC(C)Nc1ccnc(C(=O)NC2CC2)c1. The highest BCUT2D eigenvalue weighted by atomic mass is 16.2. The van der Waals surface area contributed by atoms with Gasteiger partial charge in [0.15, 0.2) is 0 Å². The number of rotatable bonds is 5. The summed E-state index contributed by atoms with van der Waals surface area (Å²) >= 11 is 0. The van der Waals surface area contributed by atoms with Crippen LogP contribution in [0.2, 0.25) is 0 Å². The van der Waals surface area contributed by atoms with Gasteiger partial charge in [0.2, 0.25) is 0 Å². The van der Waals surface area contributed by atoms with Crippen LogP contribution >= 0.6 is 0 Å². The van der Waals surface area contributed by atoms with Crippen LogP contribution < -0.4 is 10.6 Å². The van der Waals surface area contributed by atoms with Gasteiger partial charge in [-0.05, 0) is 38.3 Å². The lowest BCUT2D eigenvalue weighted by molar-refractivity contribution is 0.0946. The third-order valence-corrected chi connectivity index (χ3v) is 2.93. The standard InChI is InChI=1S/C13H19N3O/c1-3-9(2)15-11-6-7-14-12(8-11)13(17)16-10-4-5-10/h6-10H,3-5H2,1-2H3,(H,14,15)(H,16,17). The molecule has 0 radical (unpaired) electrons. The van der Waals surface area contributed by atoms with E-state index in [2.05, 4.69) is 29.5 Å². The van der Waals surface area contributed by atoms with Crippen molar-refractivity contribution in [3.8, 4) is 0 Å². The first kappa shape index (κ1) is 11.9. The van der Waals surface area contributed by atoms with E-state index in [0.717, 1.165) is 24.9 Å². The Kier molecular flexibility index (Phi) is 3.61. The molecule has 4 nitrogen and oxygen atoms in total. The van der Waals surface area contributed by atoms with E-state index in [-0.39, 0.29) is 5.91 Å². The van der Waals surface area contributed by atoms with Crippen molar-refractivity contribution >= 4 is 11.6 Å². The Morgan fingerprint density at radius 3 is 3.00 bits per heavy atom. The van der Waals surface area contributed by atoms with Gasteiger partial charge in [0.25, 0.3) is 5.91 Å². The first-order chi connectivity index (χ1) is 8.19. The average Bonchev–Trinajstić information content (AvgIpc) is 3.13. The number of nitrogens with one attached hydrogen (secondary N) is 2. The van der Waals surface area contributed by atoms with E-state index in [4.69, 9.17) is 0 Å². The smallest absolute Gasteiger partial charge is 0.270 e. The molecular weight excluding hydrogens is 214 g/mol. The van der Waals surface area contributed by atoms with Crippen molar-refractivity contribution in [3.05, 3.63) is 24.0 Å². The average molecular weight is 233 g/mol. The molecule has 92 valence electrons. The van der Waals surface area contributed by atoms with E-state index in [0.29, 0.717) is 17.8 Å². The summed E-state index contributed by atoms with van der Waals surface area (Å²) in [4.78, 5) is 15.9. The Bertz CT molecular complexity index is 401. The van der Waals surface area contributed by atoms with Gasteiger partial charge in [0.05, 0.1) is 0 Å². The molecule has 1 fully saturated rings. The normalized spacial score (nSPS) is 16.4. The van der Waals surface area contributed by atoms with Crippen molar-refractivity contribution in [2.24, 2.45) is 0 Å². The molecule has 1 aliphatic rings. The molecule has 1 saturated carbocycles. The molecule has 1 aromatic heterocycles. The van der Waals surface area contributed by atoms with Gasteiger partial charge in [-0.3, -0.25) is 9.78 Å². The van der Waals surface area contributed by atoms with Crippen LogP contribution in [0.5, 0.6) is 0 Å². The lowest BCUT2D eigenvalue weighted by Gasteiger charge is -2.13. The Hall–Kier alpha value is -1.58. The van der Waals surface area contributed by atoms with Gasteiger partial charge in [0.1, 0.15) is 5.69 Å². The summed E-state index contributed by atoms with van der Waals surface area (Å²) in [6, 6.07) is 4.47. The monoisotopic (exact) mass is 233 g/mol. The lowest BCUT2D eigenvalue weighted by atomic mass is 10.2. The van der Waals surface area contributed by atoms with Gasteiger partial charge >= 0.3 is 0 Å². The van der Waals surface area contributed by atoms with Crippen molar-refractivity contribution < 1.29 is 4.79 Å². The van der Waals surface area contributed by atoms with Crippen molar-refractivity contribution in [2.75, 3.05) is 5.32 Å². The second-order valence-corrected chi connectivity index (χ2v) is 4.63. The maximum Gasteiger partial charge on any atom is 0.270 e. The maximum atomic E-state index is 11.8. The number of amides is 1. The summed E-state index contributed by atoms with van der Waals surface area (Å²) in [5.74, 6) is -0.0692. The van der Waals surface area contributed by atoms with Crippen molar-refractivity contribution in [2.45, 2.75) is 45.2 Å². The van der Waals surface area contributed by atoms with Gasteiger partial charge in [0, 0.05) is 24.0 Å². The molecule has 2 rings (SSSR count). The summed E-state index contributed by atoms with van der Waals surface area (Å²) in [5, 5.41) is 6.27. The zero-order valence-electron chi connectivity index (χ0n) is 10.4. The summed E-state index contributed by atoms with van der Waals surface area (Å²) in [7, 11) is 0. The van der Waals surface area contributed by atoms with E-state index < -0.39 is 0 Å². The maximum absolute atomic E-state index is 11.8. The van der Waals surface area contributed by atoms with Crippen molar-refractivity contribution in [1.29, 1.82) is 0 Å². The fraction of sp³-hybridized carbons (Fsp3) is 0.538. The molecule has 0 saturated heterocycles. The van der Waals surface area contributed by atoms with Crippen molar-refractivity contribution in [1.82, 2.24) is 10.3 Å². The largest absolute Gasteiger partial charge is 0.382 e. The molecule has 0 bridgehead atoms. The van der Waals surface area contributed by atoms with Crippen LogP contribution in [0.1, 0.15) is 43.6 Å². The summed E-state index contributed by atoms with van der Waals surface area (Å²) in [6.45, 7) is 4.24. The third kappa shape index (κ3) is 3.44. The Morgan fingerprint density at radius 2 is 2.35 bits per heavy atom. The number of anilines is 1. The molecule has 0 aliphatic heterocycles. The highest BCUT2D eigenvalue weighted by Crippen LogP contribution is 2.19. The lowest BCUT2D eigenvalue weighted by Crippen LogP contribution is -2.26. The highest BCUT2D eigenvalue weighted by molar-refractivity contribution is 5.93. The third-order valence-electron chi connectivity index (χ3n) is 2.93. The summed E-state index contributed by atoms with van der Waals surface area (Å²) in [5.41, 5.74) is 1.44. The Balaban J connectivity index is 2.01. The van der Waals surface area contributed by atoms with Crippen LogP contribution in [0.25, 0.3) is 0 Å². The number of nitrogens with zero attached hydrogens (tertiary/aromatic N) is 1. The molecule has 1 unspecified atom stereocenters. The number of aromatic nitrogens is 1. The van der Waals surface area contributed by atoms with Crippen LogP contribution in [0, 0.1) is 0 Å². The Morgan fingerprint density at radius 1 is 1.59 bits per heavy atom. The van der Waals surface area contributed by atoms with Crippen molar-refractivity contribution in [3.63, 3.8) is 0 Å². The van der Waals surface area contributed by atoms with Crippen LogP contribution in [0.4, 0.5) is 5.69 Å². The topological polar surface area (TPSA) is 54.0 Å². The molecule has 17 heavy (non-hydrogen) atoms. The van der Waals surface area contributed by atoms with Crippen LogP contribution in [0.15, 0.2) is 18.3 Å². The molecule has 1 atom stereocenters. The second-order valence-electron chi connectivity index (χ2n) is 4.63. The van der Waals surface area contributed by atoms with E-state index in [1.165, 1.54) is 0 Å². The Labute approximate surface area is 102 Å². The molecule has 1 aliphatic carbocycles. The van der Waals surface area contributed by atoms with Gasteiger partial charge < -0.3 is 10.6 Å². The molecular formula is C13H19N3O. The minimum absolute atomic E-state index is 0.0692. The van der Waals surface area contributed by atoms with Gasteiger partial charge in [-0.25, -0.2) is 0 Å². The van der Waals surface area contributed by atoms with Crippen LogP contribution in [-0.4, -0.2) is 23.0 Å². The number of carbonyl (C=O) groups is 1. The summed E-state index contributed by atoms with van der Waals surface area (Å²) < 4.78 is 0. The number of hydrogen-bond acceptors (Lipinski definition) is 3. The first-order valence-electron chi connectivity index (χ1n) is 6.22. The van der Waals surface area contributed by atoms with E-state index in [1.54, 1.807) is 6.20 Å². The van der Waals surface area contributed by atoms with E-state index >= 15 is 0 Å². The highest BCUT2D eigenvalue weighted by Gasteiger charge is 2.24. The molecule has 2 N–H and O–H groups in total. The number of hydrogen-bond donors (Lipinski definition) is 2. The van der Waals surface area contributed by atoms with Crippen LogP contribution in [0.3, 0.4) is 0 Å².